The van der Waals surface area contributed by atoms with Gasteiger partial charge in [-0.05, 0) is 49.4 Å². The van der Waals surface area contributed by atoms with Crippen molar-refractivity contribution in [3.8, 4) is 0 Å². The Balaban J connectivity index is 1.98. The first kappa shape index (κ1) is 22.4. The van der Waals surface area contributed by atoms with Gasteiger partial charge in [0, 0.05) is 25.7 Å². The Morgan fingerprint density at radius 3 is 2.30 bits per heavy atom. The van der Waals surface area contributed by atoms with Crippen molar-refractivity contribution < 1.29 is 17.6 Å². The van der Waals surface area contributed by atoms with E-state index in [2.05, 4.69) is 0 Å². The molecule has 2 aromatic carbocycles. The lowest BCUT2D eigenvalue weighted by Gasteiger charge is -2.30. The lowest BCUT2D eigenvalue weighted by Crippen LogP contribution is -2.40. The molecule has 1 aliphatic rings. The lowest BCUT2D eigenvalue weighted by atomic mass is 10.1. The van der Waals surface area contributed by atoms with E-state index < -0.39 is 21.7 Å². The third kappa shape index (κ3) is 4.73. The summed E-state index contributed by atoms with van der Waals surface area (Å²) < 4.78 is 41.7. The predicted octanol–water partition coefficient (Wildman–Crippen LogP) is 4.30. The van der Waals surface area contributed by atoms with E-state index in [0.717, 1.165) is 24.5 Å². The largest absolute Gasteiger partial charge is 0.331 e. The highest BCUT2D eigenvalue weighted by molar-refractivity contribution is 7.89. The van der Waals surface area contributed by atoms with Gasteiger partial charge in [-0.2, -0.15) is 4.31 Å². The zero-order chi connectivity index (χ0) is 21.9. The molecule has 1 amide bonds. The van der Waals surface area contributed by atoms with Crippen LogP contribution >= 0.6 is 0 Å². The van der Waals surface area contributed by atoms with Gasteiger partial charge in [0.2, 0.25) is 10.0 Å². The van der Waals surface area contributed by atoms with Gasteiger partial charge in [-0.1, -0.05) is 44.2 Å². The second-order valence-electron chi connectivity index (χ2n) is 7.73. The Morgan fingerprint density at radius 1 is 1.10 bits per heavy atom. The van der Waals surface area contributed by atoms with E-state index in [9.17, 15) is 17.6 Å². The van der Waals surface area contributed by atoms with Crippen molar-refractivity contribution in [1.29, 1.82) is 0 Å². The average Bonchev–Trinajstić information content (AvgIpc) is 3.58. The van der Waals surface area contributed by atoms with Gasteiger partial charge in [-0.25, -0.2) is 12.8 Å². The number of sulfonamides is 1. The summed E-state index contributed by atoms with van der Waals surface area (Å²) in [6, 6.07) is 13.0. The first-order valence-corrected chi connectivity index (χ1v) is 11.9. The first-order valence-electron chi connectivity index (χ1n) is 10.4. The van der Waals surface area contributed by atoms with Crippen molar-refractivity contribution in [3.63, 3.8) is 0 Å². The van der Waals surface area contributed by atoms with Gasteiger partial charge in [-0.15, -0.1) is 0 Å². The summed E-state index contributed by atoms with van der Waals surface area (Å²) in [6.45, 7) is 6.43. The molecule has 0 radical (unpaired) electrons. The summed E-state index contributed by atoms with van der Waals surface area (Å²) in [7, 11) is -3.79. The van der Waals surface area contributed by atoms with Crippen LogP contribution in [0.2, 0.25) is 0 Å². The average molecular weight is 433 g/mol. The number of hydrogen-bond donors (Lipinski definition) is 0. The number of amides is 1. The number of carbonyl (C=O) groups excluding carboxylic acids is 1. The summed E-state index contributed by atoms with van der Waals surface area (Å²) in [5.41, 5.74) is 0.748. The molecule has 0 heterocycles. The standard InChI is InChI=1S/C23H29FN2O3S/c1-4-25(5-2)30(28,29)20-13-14-22(24)21(15-20)23(27)26(17(3)19-11-12-19)16-18-9-7-6-8-10-18/h6-10,13-15,17,19H,4-5,11-12,16H2,1-3H3. The summed E-state index contributed by atoms with van der Waals surface area (Å²) in [5.74, 6) is -0.796. The molecule has 1 aliphatic carbocycles. The molecule has 1 saturated carbocycles. The monoisotopic (exact) mass is 432 g/mol. The topological polar surface area (TPSA) is 57.7 Å². The van der Waals surface area contributed by atoms with Gasteiger partial charge in [0.25, 0.3) is 5.91 Å². The van der Waals surface area contributed by atoms with Gasteiger partial charge >= 0.3 is 0 Å². The fourth-order valence-electron chi connectivity index (χ4n) is 3.71. The molecule has 30 heavy (non-hydrogen) atoms. The van der Waals surface area contributed by atoms with Crippen molar-refractivity contribution in [2.45, 2.75) is 51.1 Å². The van der Waals surface area contributed by atoms with E-state index in [4.69, 9.17) is 0 Å². The number of benzene rings is 2. The molecule has 0 N–H and O–H groups in total. The normalized spacial score (nSPS) is 15.2. The van der Waals surface area contributed by atoms with Crippen LogP contribution in [0.15, 0.2) is 53.4 Å². The zero-order valence-electron chi connectivity index (χ0n) is 17.7. The molecule has 0 saturated heterocycles. The summed E-state index contributed by atoms with van der Waals surface area (Å²) in [4.78, 5) is 15.0. The minimum Gasteiger partial charge on any atom is -0.331 e. The molecule has 5 nitrogen and oxygen atoms in total. The Morgan fingerprint density at radius 2 is 1.73 bits per heavy atom. The third-order valence-corrected chi connectivity index (χ3v) is 7.81. The highest BCUT2D eigenvalue weighted by atomic mass is 32.2. The highest BCUT2D eigenvalue weighted by Gasteiger charge is 2.36. The SMILES string of the molecule is CCN(CC)S(=O)(=O)c1ccc(F)c(C(=O)N(Cc2ccccc2)C(C)C2CC2)c1. The van der Waals surface area contributed by atoms with Crippen LogP contribution in [-0.2, 0) is 16.6 Å². The van der Waals surface area contributed by atoms with Gasteiger partial charge in [0.1, 0.15) is 5.82 Å². The number of hydrogen-bond acceptors (Lipinski definition) is 3. The molecular formula is C23H29FN2O3S. The number of nitrogens with zero attached hydrogens (tertiary/aromatic N) is 2. The lowest BCUT2D eigenvalue weighted by molar-refractivity contribution is 0.0649. The van der Waals surface area contributed by atoms with Crippen LogP contribution in [0.5, 0.6) is 0 Å². The van der Waals surface area contributed by atoms with E-state index in [0.29, 0.717) is 25.6 Å². The Kier molecular flexibility index (Phi) is 6.93. The summed E-state index contributed by atoms with van der Waals surface area (Å²) >= 11 is 0. The van der Waals surface area contributed by atoms with E-state index in [1.165, 1.54) is 16.4 Å². The van der Waals surface area contributed by atoms with Crippen LogP contribution < -0.4 is 0 Å². The first-order chi connectivity index (χ1) is 14.3. The van der Waals surface area contributed by atoms with Gasteiger partial charge in [0.05, 0.1) is 10.5 Å². The van der Waals surface area contributed by atoms with E-state index in [1.54, 1.807) is 18.7 Å². The molecule has 162 valence electrons. The molecular weight excluding hydrogens is 403 g/mol. The zero-order valence-corrected chi connectivity index (χ0v) is 18.5. The van der Waals surface area contributed by atoms with Gasteiger partial charge in [0.15, 0.2) is 0 Å². The minimum atomic E-state index is -3.79. The highest BCUT2D eigenvalue weighted by Crippen LogP contribution is 2.36. The van der Waals surface area contributed by atoms with Crippen LogP contribution in [0.25, 0.3) is 0 Å². The molecule has 1 unspecified atom stereocenters. The van der Waals surface area contributed by atoms with Crippen molar-refractivity contribution in [3.05, 3.63) is 65.5 Å². The molecule has 2 aromatic rings. The van der Waals surface area contributed by atoms with Crippen LogP contribution in [0.1, 0.15) is 49.5 Å². The predicted molar refractivity (Wildman–Crippen MR) is 115 cm³/mol. The smallest absolute Gasteiger partial charge is 0.257 e. The Bertz CT molecular complexity index is 987. The number of halogens is 1. The van der Waals surface area contributed by atoms with Crippen LogP contribution in [0.3, 0.4) is 0 Å². The molecule has 0 bridgehead atoms. The van der Waals surface area contributed by atoms with E-state index in [-0.39, 0.29) is 16.5 Å². The quantitative estimate of drug-likeness (QED) is 0.594. The summed E-state index contributed by atoms with van der Waals surface area (Å²) in [5, 5.41) is 0. The second-order valence-corrected chi connectivity index (χ2v) is 9.67. The van der Waals surface area contributed by atoms with Crippen molar-refractivity contribution >= 4 is 15.9 Å². The molecule has 3 rings (SSSR count). The molecule has 1 fully saturated rings. The van der Waals surface area contributed by atoms with Gasteiger partial charge < -0.3 is 4.90 Å². The van der Waals surface area contributed by atoms with Gasteiger partial charge in [-0.3, -0.25) is 4.79 Å². The molecule has 1 atom stereocenters. The molecule has 0 spiro atoms. The fourth-order valence-corrected chi connectivity index (χ4v) is 5.19. The molecule has 0 aromatic heterocycles. The van der Waals surface area contributed by atoms with Crippen molar-refractivity contribution in [2.75, 3.05) is 13.1 Å². The minimum absolute atomic E-state index is 0.0554. The number of rotatable bonds is 9. The van der Waals surface area contributed by atoms with Crippen molar-refractivity contribution in [1.82, 2.24) is 9.21 Å². The van der Waals surface area contributed by atoms with Crippen LogP contribution in [-0.4, -0.2) is 42.7 Å². The van der Waals surface area contributed by atoms with Crippen LogP contribution in [0, 0.1) is 11.7 Å². The maximum absolute atomic E-state index is 14.7. The second kappa shape index (κ2) is 9.27. The van der Waals surface area contributed by atoms with Crippen LogP contribution in [0.4, 0.5) is 4.39 Å². The summed E-state index contributed by atoms with van der Waals surface area (Å²) in [6.07, 6.45) is 2.08. The molecule has 7 heteroatoms. The maximum atomic E-state index is 14.7. The third-order valence-electron chi connectivity index (χ3n) is 5.76. The fraction of sp³-hybridized carbons (Fsp3) is 0.435. The van der Waals surface area contributed by atoms with E-state index in [1.807, 2.05) is 37.3 Å². The molecule has 0 aliphatic heterocycles. The maximum Gasteiger partial charge on any atom is 0.257 e. The van der Waals surface area contributed by atoms with Crippen molar-refractivity contribution in [2.24, 2.45) is 5.92 Å². The van der Waals surface area contributed by atoms with E-state index >= 15 is 0 Å². The Hall–Kier alpha value is -2.25. The number of carbonyl (C=O) groups is 1. The Labute approximate surface area is 178 Å².